The van der Waals surface area contributed by atoms with E-state index >= 15 is 0 Å². The van der Waals surface area contributed by atoms with E-state index in [4.69, 9.17) is 4.74 Å². The highest BCUT2D eigenvalue weighted by Crippen LogP contribution is 2.37. The fraction of sp³-hybridized carbons (Fsp3) is 0.875. The van der Waals surface area contributed by atoms with Gasteiger partial charge in [-0.3, -0.25) is 15.0 Å². The van der Waals surface area contributed by atoms with Gasteiger partial charge in [-0.05, 0) is 19.3 Å². The van der Waals surface area contributed by atoms with Gasteiger partial charge in [0.25, 0.3) is 5.91 Å². The summed E-state index contributed by atoms with van der Waals surface area (Å²) in [6, 6.07) is 0. The molecule has 1 N–H and O–H groups in total. The van der Waals surface area contributed by atoms with Crippen molar-refractivity contribution >= 4 is 11.8 Å². The van der Waals surface area contributed by atoms with Gasteiger partial charge in [0.1, 0.15) is 6.61 Å². The van der Waals surface area contributed by atoms with E-state index in [1.807, 2.05) is 0 Å². The summed E-state index contributed by atoms with van der Waals surface area (Å²) in [5, 5.41) is 1.60. The number of amides is 2. The van der Waals surface area contributed by atoms with Crippen LogP contribution < -0.4 is 5.43 Å². The molecule has 0 aromatic heterocycles. The van der Waals surface area contributed by atoms with Crippen molar-refractivity contribution in [1.29, 1.82) is 0 Å². The van der Waals surface area contributed by atoms with Crippen molar-refractivity contribution in [3.63, 3.8) is 0 Å². The molecule has 0 atom stereocenters. The summed E-state index contributed by atoms with van der Waals surface area (Å²) in [6.07, 6.45) is 10.1. The summed E-state index contributed by atoms with van der Waals surface area (Å²) < 4.78 is 5.47. The first-order valence-corrected chi connectivity index (χ1v) is 8.38. The molecule has 0 aromatic rings. The molecule has 2 aliphatic rings. The Kier molecular flexibility index (Phi) is 6.03. The lowest BCUT2D eigenvalue weighted by atomic mass is 9.87. The lowest BCUT2D eigenvalue weighted by Crippen LogP contribution is -2.53. The van der Waals surface area contributed by atoms with Crippen molar-refractivity contribution in [2.75, 3.05) is 13.2 Å². The Balaban J connectivity index is 1.89. The van der Waals surface area contributed by atoms with Gasteiger partial charge >= 0.3 is 0 Å². The van der Waals surface area contributed by atoms with Gasteiger partial charge in [0.2, 0.25) is 5.91 Å². The molecule has 5 heteroatoms. The Labute approximate surface area is 127 Å². The number of carbonyl (C=O) groups excluding carboxylic acids is 2. The van der Waals surface area contributed by atoms with Crippen LogP contribution in [0.25, 0.3) is 0 Å². The van der Waals surface area contributed by atoms with Gasteiger partial charge in [-0.2, -0.15) is 0 Å². The zero-order chi connectivity index (χ0) is 15.1. The second-order valence-corrected chi connectivity index (χ2v) is 6.34. The molecular weight excluding hydrogens is 268 g/mol. The molecule has 0 aromatic carbocycles. The minimum Gasteiger partial charge on any atom is -0.372 e. The highest BCUT2D eigenvalue weighted by molar-refractivity contribution is 5.87. The Hall–Kier alpha value is -1.10. The molecule has 0 bridgehead atoms. The molecule has 1 aliphatic heterocycles. The predicted molar refractivity (Wildman–Crippen MR) is 80.4 cm³/mol. The average Bonchev–Trinajstić information content (AvgIpc) is 2.63. The number of ether oxygens (including phenoxy) is 1. The summed E-state index contributed by atoms with van der Waals surface area (Å²) in [7, 11) is 0. The van der Waals surface area contributed by atoms with Crippen LogP contribution in [-0.4, -0.2) is 35.6 Å². The van der Waals surface area contributed by atoms with Crippen LogP contribution in [0.4, 0.5) is 0 Å². The minimum atomic E-state index is -0.294. The molecule has 120 valence electrons. The zero-order valence-corrected chi connectivity index (χ0v) is 13.2. The lowest BCUT2D eigenvalue weighted by Gasteiger charge is -2.36. The van der Waals surface area contributed by atoms with Gasteiger partial charge in [-0.25, -0.2) is 5.01 Å². The zero-order valence-electron chi connectivity index (χ0n) is 13.2. The molecule has 1 saturated heterocycles. The first-order valence-electron chi connectivity index (χ1n) is 8.38. The largest absolute Gasteiger partial charge is 0.372 e. The number of nitrogens with one attached hydrogen (secondary N) is 1. The molecule has 21 heavy (non-hydrogen) atoms. The third-order valence-corrected chi connectivity index (χ3v) is 4.60. The molecule has 1 spiro atoms. The first kappa shape index (κ1) is 16.3. The summed E-state index contributed by atoms with van der Waals surface area (Å²) in [5.74, 6) is -0.129. The van der Waals surface area contributed by atoms with Crippen molar-refractivity contribution in [2.24, 2.45) is 0 Å². The number of rotatable bonds is 6. The van der Waals surface area contributed by atoms with Crippen molar-refractivity contribution in [3.8, 4) is 0 Å². The molecule has 0 radical (unpaired) electrons. The molecule has 1 aliphatic carbocycles. The monoisotopic (exact) mass is 296 g/mol. The number of carbonyl (C=O) groups is 2. The van der Waals surface area contributed by atoms with Crippen LogP contribution in [0.5, 0.6) is 0 Å². The molecule has 5 nitrogen and oxygen atoms in total. The standard InChI is InChI=1S/C16H28N2O3/c1-2-3-8-11-21-13-15(20)18-16(12-14(19)17-18)9-6-4-5-7-10-16/h2-13H2,1H3,(H,17,19). The van der Waals surface area contributed by atoms with Crippen LogP contribution >= 0.6 is 0 Å². The van der Waals surface area contributed by atoms with Gasteiger partial charge in [-0.1, -0.05) is 45.4 Å². The van der Waals surface area contributed by atoms with Crippen molar-refractivity contribution in [2.45, 2.75) is 76.7 Å². The fourth-order valence-electron chi connectivity index (χ4n) is 3.45. The normalized spacial score (nSPS) is 21.4. The quantitative estimate of drug-likeness (QED) is 0.766. The van der Waals surface area contributed by atoms with Crippen LogP contribution in [-0.2, 0) is 14.3 Å². The SMILES string of the molecule is CCCCCOCC(=O)N1NC(=O)CC12CCCCCC2. The summed E-state index contributed by atoms with van der Waals surface area (Å²) in [4.78, 5) is 24.2. The van der Waals surface area contributed by atoms with Crippen LogP contribution in [0.2, 0.25) is 0 Å². The second-order valence-electron chi connectivity index (χ2n) is 6.34. The fourth-order valence-corrected chi connectivity index (χ4v) is 3.45. The number of hydrogen-bond donors (Lipinski definition) is 1. The third-order valence-electron chi connectivity index (χ3n) is 4.60. The van der Waals surface area contributed by atoms with E-state index in [-0.39, 0.29) is 24.0 Å². The van der Waals surface area contributed by atoms with Crippen molar-refractivity contribution in [1.82, 2.24) is 10.4 Å². The number of nitrogens with zero attached hydrogens (tertiary/aromatic N) is 1. The lowest BCUT2D eigenvalue weighted by molar-refractivity contribution is -0.146. The Morgan fingerprint density at radius 1 is 1.24 bits per heavy atom. The smallest absolute Gasteiger partial charge is 0.267 e. The number of unbranched alkanes of at least 4 members (excludes halogenated alkanes) is 2. The molecule has 1 heterocycles. The molecule has 2 fully saturated rings. The maximum absolute atomic E-state index is 12.4. The minimum absolute atomic E-state index is 0.0313. The van der Waals surface area contributed by atoms with Gasteiger partial charge in [0.05, 0.1) is 12.0 Å². The van der Waals surface area contributed by atoms with Gasteiger partial charge in [0.15, 0.2) is 0 Å². The second kappa shape index (κ2) is 7.78. The van der Waals surface area contributed by atoms with Crippen LogP contribution in [0, 0.1) is 0 Å². The van der Waals surface area contributed by atoms with Crippen LogP contribution in [0.1, 0.15) is 71.1 Å². The van der Waals surface area contributed by atoms with E-state index in [1.54, 1.807) is 5.01 Å². The van der Waals surface area contributed by atoms with Crippen LogP contribution in [0.15, 0.2) is 0 Å². The van der Waals surface area contributed by atoms with Crippen molar-refractivity contribution in [3.05, 3.63) is 0 Å². The number of hydrogen-bond acceptors (Lipinski definition) is 3. The molecule has 1 saturated carbocycles. The number of hydrazine groups is 1. The van der Waals surface area contributed by atoms with Crippen LogP contribution in [0.3, 0.4) is 0 Å². The predicted octanol–water partition coefficient (Wildman–Crippen LogP) is 2.55. The maximum Gasteiger partial charge on any atom is 0.267 e. The van der Waals surface area contributed by atoms with E-state index in [0.29, 0.717) is 13.0 Å². The Morgan fingerprint density at radius 3 is 2.62 bits per heavy atom. The van der Waals surface area contributed by atoms with Gasteiger partial charge < -0.3 is 4.74 Å². The highest BCUT2D eigenvalue weighted by Gasteiger charge is 2.47. The van der Waals surface area contributed by atoms with Crippen molar-refractivity contribution < 1.29 is 14.3 Å². The first-order chi connectivity index (χ1) is 10.2. The van der Waals surface area contributed by atoms with E-state index in [9.17, 15) is 9.59 Å². The summed E-state index contributed by atoms with van der Waals surface area (Å²) in [5.41, 5.74) is 2.46. The maximum atomic E-state index is 12.4. The van der Waals surface area contributed by atoms with E-state index < -0.39 is 0 Å². The molecular formula is C16H28N2O3. The molecule has 2 rings (SSSR count). The third kappa shape index (κ3) is 4.19. The highest BCUT2D eigenvalue weighted by atomic mass is 16.5. The van der Waals surface area contributed by atoms with Gasteiger partial charge in [-0.15, -0.1) is 0 Å². The topological polar surface area (TPSA) is 58.6 Å². The summed E-state index contributed by atoms with van der Waals surface area (Å²) in [6.45, 7) is 2.83. The van der Waals surface area contributed by atoms with E-state index in [1.165, 1.54) is 12.8 Å². The van der Waals surface area contributed by atoms with E-state index in [0.717, 1.165) is 44.9 Å². The summed E-state index contributed by atoms with van der Waals surface area (Å²) >= 11 is 0. The Bertz CT molecular complexity index is 363. The molecule has 2 amide bonds. The average molecular weight is 296 g/mol. The van der Waals surface area contributed by atoms with E-state index in [2.05, 4.69) is 12.3 Å². The van der Waals surface area contributed by atoms with Gasteiger partial charge in [0, 0.05) is 6.61 Å². The molecule has 0 unspecified atom stereocenters. The Morgan fingerprint density at radius 2 is 1.95 bits per heavy atom.